The Bertz CT molecular complexity index is 470. The van der Waals surface area contributed by atoms with Crippen LogP contribution < -0.4 is 16.0 Å². The zero-order chi connectivity index (χ0) is 15.7. The molecule has 1 aromatic heterocycles. The highest BCUT2D eigenvalue weighted by atomic mass is 32.1. The largest absolute Gasteiger partial charge is 0.357 e. The van der Waals surface area contributed by atoms with E-state index in [-0.39, 0.29) is 11.8 Å². The normalized spacial score (nSPS) is 11.6. The van der Waals surface area contributed by atoms with E-state index in [1.54, 1.807) is 11.3 Å². The molecule has 1 heterocycles. The van der Waals surface area contributed by atoms with Crippen molar-refractivity contribution in [2.75, 3.05) is 19.6 Å². The summed E-state index contributed by atoms with van der Waals surface area (Å²) in [6.45, 7) is 10.4. The number of nitrogens with zero attached hydrogens (tertiary/aromatic N) is 2. The molecule has 0 bridgehead atoms. The van der Waals surface area contributed by atoms with E-state index in [1.165, 1.54) is 4.88 Å². The van der Waals surface area contributed by atoms with Gasteiger partial charge in [0, 0.05) is 36.6 Å². The fourth-order valence-electron chi connectivity index (χ4n) is 1.53. The molecule has 21 heavy (non-hydrogen) atoms. The standard InChI is InChI=1S/C14H25N5OS/c1-5-15-14(17-7-6-16-13(20)10(2)3)19-9-12-18-8-11(4)21-12/h8,10H,5-7,9H2,1-4H3,(H,16,20)(H2,15,17,19). The third-order valence-corrected chi connectivity index (χ3v) is 3.52. The number of thiazole rings is 1. The van der Waals surface area contributed by atoms with Gasteiger partial charge >= 0.3 is 0 Å². The van der Waals surface area contributed by atoms with E-state index < -0.39 is 0 Å². The Morgan fingerprint density at radius 1 is 1.33 bits per heavy atom. The van der Waals surface area contributed by atoms with Gasteiger partial charge < -0.3 is 16.0 Å². The molecule has 0 saturated heterocycles. The first kappa shape index (κ1) is 17.4. The maximum absolute atomic E-state index is 11.4. The first-order valence-corrected chi connectivity index (χ1v) is 8.05. The molecule has 0 unspecified atom stereocenters. The van der Waals surface area contributed by atoms with E-state index in [2.05, 4.69) is 25.9 Å². The molecule has 0 saturated carbocycles. The Balaban J connectivity index is 2.37. The second-order valence-corrected chi connectivity index (χ2v) is 6.25. The molecule has 0 aliphatic rings. The highest BCUT2D eigenvalue weighted by molar-refractivity contribution is 7.11. The molecule has 3 N–H and O–H groups in total. The van der Waals surface area contributed by atoms with Gasteiger partial charge in [0.15, 0.2) is 5.96 Å². The third kappa shape index (κ3) is 7.08. The van der Waals surface area contributed by atoms with Crippen molar-refractivity contribution < 1.29 is 4.79 Å². The number of aliphatic imine (C=N–C) groups is 1. The van der Waals surface area contributed by atoms with Crippen LogP contribution >= 0.6 is 11.3 Å². The van der Waals surface area contributed by atoms with E-state index in [0.717, 1.165) is 17.5 Å². The van der Waals surface area contributed by atoms with Crippen LogP contribution in [0.25, 0.3) is 0 Å². The second-order valence-electron chi connectivity index (χ2n) is 4.93. The van der Waals surface area contributed by atoms with Crippen LogP contribution in [0.4, 0.5) is 0 Å². The minimum atomic E-state index is 0.0139. The van der Waals surface area contributed by atoms with Gasteiger partial charge in [-0.05, 0) is 13.8 Å². The van der Waals surface area contributed by atoms with Crippen molar-refractivity contribution in [2.24, 2.45) is 10.9 Å². The van der Waals surface area contributed by atoms with E-state index in [4.69, 9.17) is 0 Å². The average Bonchev–Trinajstić information content (AvgIpc) is 2.86. The van der Waals surface area contributed by atoms with Crippen molar-refractivity contribution in [3.05, 3.63) is 16.1 Å². The molecule has 7 heteroatoms. The molecule has 0 atom stereocenters. The number of aryl methyl sites for hydroxylation is 1. The number of rotatable bonds is 7. The topological polar surface area (TPSA) is 78.4 Å². The summed E-state index contributed by atoms with van der Waals surface area (Å²) < 4.78 is 0. The van der Waals surface area contributed by atoms with Gasteiger partial charge in [-0.1, -0.05) is 13.8 Å². The summed E-state index contributed by atoms with van der Waals surface area (Å²) in [6, 6.07) is 0. The van der Waals surface area contributed by atoms with Gasteiger partial charge in [-0.25, -0.2) is 9.98 Å². The van der Waals surface area contributed by atoms with Crippen LogP contribution in [0.1, 0.15) is 30.7 Å². The molecule has 0 aliphatic carbocycles. The SMILES string of the molecule is CCNC(=NCc1ncc(C)s1)NCCNC(=O)C(C)C. The lowest BCUT2D eigenvalue weighted by Crippen LogP contribution is -2.42. The van der Waals surface area contributed by atoms with Crippen LogP contribution in [0, 0.1) is 12.8 Å². The first-order chi connectivity index (χ1) is 10.0. The molecule has 0 aliphatic heterocycles. The summed E-state index contributed by atoms with van der Waals surface area (Å²) in [7, 11) is 0. The van der Waals surface area contributed by atoms with Crippen molar-refractivity contribution in [1.82, 2.24) is 20.9 Å². The molecule has 0 fully saturated rings. The van der Waals surface area contributed by atoms with Gasteiger partial charge in [0.05, 0.1) is 6.54 Å². The quantitative estimate of drug-likeness (QED) is 0.403. The monoisotopic (exact) mass is 311 g/mol. The van der Waals surface area contributed by atoms with Gasteiger partial charge in [-0.3, -0.25) is 4.79 Å². The van der Waals surface area contributed by atoms with Gasteiger partial charge in [0.1, 0.15) is 5.01 Å². The molecule has 1 aromatic rings. The molecule has 0 radical (unpaired) electrons. The number of nitrogens with one attached hydrogen (secondary N) is 3. The summed E-state index contributed by atoms with van der Waals surface area (Å²) in [6.07, 6.45) is 1.86. The lowest BCUT2D eigenvalue weighted by atomic mass is 10.2. The van der Waals surface area contributed by atoms with Gasteiger partial charge in [-0.15, -0.1) is 11.3 Å². The molecule has 1 amide bonds. The van der Waals surface area contributed by atoms with Crippen LogP contribution in [-0.2, 0) is 11.3 Å². The average molecular weight is 311 g/mol. The van der Waals surface area contributed by atoms with Crippen molar-refractivity contribution in [2.45, 2.75) is 34.2 Å². The summed E-state index contributed by atoms with van der Waals surface area (Å²) in [4.78, 5) is 21.4. The Hall–Kier alpha value is -1.63. The van der Waals surface area contributed by atoms with Gasteiger partial charge in [-0.2, -0.15) is 0 Å². The Morgan fingerprint density at radius 3 is 2.62 bits per heavy atom. The highest BCUT2D eigenvalue weighted by Gasteiger charge is 2.05. The summed E-state index contributed by atoms with van der Waals surface area (Å²) in [5.74, 6) is 0.821. The smallest absolute Gasteiger partial charge is 0.222 e. The number of aromatic nitrogens is 1. The van der Waals surface area contributed by atoms with Gasteiger partial charge in [0.2, 0.25) is 5.91 Å². The Morgan fingerprint density at radius 2 is 2.05 bits per heavy atom. The summed E-state index contributed by atoms with van der Waals surface area (Å²) in [5.41, 5.74) is 0. The van der Waals surface area contributed by atoms with Crippen LogP contribution in [-0.4, -0.2) is 36.5 Å². The molecule has 0 aromatic carbocycles. The van der Waals surface area contributed by atoms with Crippen molar-refractivity contribution in [3.63, 3.8) is 0 Å². The Labute approximate surface area is 130 Å². The van der Waals surface area contributed by atoms with Gasteiger partial charge in [0.25, 0.3) is 0 Å². The fraction of sp³-hybridized carbons (Fsp3) is 0.643. The van der Waals surface area contributed by atoms with Crippen LogP contribution in [0.2, 0.25) is 0 Å². The predicted octanol–water partition coefficient (Wildman–Crippen LogP) is 1.28. The van der Waals surface area contributed by atoms with Crippen molar-refractivity contribution in [1.29, 1.82) is 0 Å². The predicted molar refractivity (Wildman–Crippen MR) is 87.5 cm³/mol. The molecule has 118 valence electrons. The minimum Gasteiger partial charge on any atom is -0.357 e. The van der Waals surface area contributed by atoms with Crippen molar-refractivity contribution in [3.8, 4) is 0 Å². The van der Waals surface area contributed by atoms with E-state index in [0.29, 0.717) is 19.6 Å². The van der Waals surface area contributed by atoms with E-state index in [1.807, 2.05) is 33.9 Å². The van der Waals surface area contributed by atoms with Crippen LogP contribution in [0.3, 0.4) is 0 Å². The number of hydrogen-bond acceptors (Lipinski definition) is 4. The number of guanidine groups is 1. The van der Waals surface area contributed by atoms with E-state index in [9.17, 15) is 4.79 Å². The zero-order valence-corrected chi connectivity index (χ0v) is 14.0. The zero-order valence-electron chi connectivity index (χ0n) is 13.2. The Kier molecular flexibility index (Phi) is 7.74. The third-order valence-electron chi connectivity index (χ3n) is 2.63. The summed E-state index contributed by atoms with van der Waals surface area (Å²) in [5, 5.41) is 10.2. The number of carbonyl (C=O) groups excluding carboxylic acids is 1. The van der Waals surface area contributed by atoms with Crippen LogP contribution in [0.15, 0.2) is 11.2 Å². The number of hydrogen-bond donors (Lipinski definition) is 3. The maximum atomic E-state index is 11.4. The number of amides is 1. The number of carbonyl (C=O) groups is 1. The fourth-order valence-corrected chi connectivity index (χ4v) is 2.25. The molecular weight excluding hydrogens is 286 g/mol. The molecule has 1 rings (SSSR count). The first-order valence-electron chi connectivity index (χ1n) is 7.24. The molecule has 6 nitrogen and oxygen atoms in total. The minimum absolute atomic E-state index is 0.0139. The van der Waals surface area contributed by atoms with Crippen molar-refractivity contribution >= 4 is 23.2 Å². The van der Waals surface area contributed by atoms with Crippen LogP contribution in [0.5, 0.6) is 0 Å². The second kappa shape index (κ2) is 9.33. The highest BCUT2D eigenvalue weighted by Crippen LogP contribution is 2.11. The van der Waals surface area contributed by atoms with E-state index >= 15 is 0 Å². The lowest BCUT2D eigenvalue weighted by Gasteiger charge is -2.12. The molecular formula is C14H25N5OS. The maximum Gasteiger partial charge on any atom is 0.222 e. The summed E-state index contributed by atoms with van der Waals surface area (Å²) >= 11 is 1.65. The lowest BCUT2D eigenvalue weighted by molar-refractivity contribution is -0.123. The molecule has 0 spiro atoms.